The molecule has 0 bridgehead atoms. The van der Waals surface area contributed by atoms with Crippen molar-refractivity contribution in [2.75, 3.05) is 20.8 Å². The van der Waals surface area contributed by atoms with Crippen LogP contribution in [0.1, 0.15) is 39.7 Å². The summed E-state index contributed by atoms with van der Waals surface area (Å²) in [6, 6.07) is 26.9. The molecule has 0 saturated heterocycles. The Labute approximate surface area is 260 Å². The van der Waals surface area contributed by atoms with Crippen LogP contribution in [-0.2, 0) is 29.0 Å². The lowest BCUT2D eigenvalue weighted by atomic mass is 9.92. The number of ether oxygens (including phenoxy) is 3. The first-order chi connectivity index (χ1) is 20.8. The summed E-state index contributed by atoms with van der Waals surface area (Å²) < 4.78 is 67.1. The fourth-order valence-corrected chi connectivity index (χ4v) is 10.2. The number of benzene rings is 3. The molecule has 0 aromatic heterocycles. The number of carbonyl (C=O) groups is 1. The first-order valence-corrected chi connectivity index (χ1v) is 16.5. The van der Waals surface area contributed by atoms with E-state index in [1.54, 1.807) is 13.0 Å². The molecule has 4 atom stereocenters. The van der Waals surface area contributed by atoms with Crippen LogP contribution in [0.5, 0.6) is 0 Å². The molecule has 0 heterocycles. The van der Waals surface area contributed by atoms with Crippen LogP contribution in [0.4, 0.5) is 13.2 Å². The van der Waals surface area contributed by atoms with Gasteiger partial charge in [0.25, 0.3) is 13.9 Å². The third-order valence-corrected chi connectivity index (χ3v) is 13.1. The second kappa shape index (κ2) is 14.7. The number of methoxy groups -OCH3 is 2. The van der Waals surface area contributed by atoms with Gasteiger partial charge in [0.1, 0.15) is 6.10 Å². The normalized spacial score (nSPS) is 15.9. The zero-order valence-electron chi connectivity index (χ0n) is 26.3. The Hall–Kier alpha value is -3.24. The van der Waals surface area contributed by atoms with Crippen LogP contribution in [0.25, 0.3) is 0 Å². The fraction of sp³-hybridized carbons (Fsp3) is 0.400. The lowest BCUT2D eigenvalue weighted by Crippen LogP contribution is -2.67. The molecule has 0 amide bonds. The number of carbonyl (C=O) groups excluding carboxylic acids is 1. The number of rotatable bonds is 14. The SMILES string of the molecule is C=C[C@H](C)[C@@H](C[C@@H](CO[Si](c1ccccc1)(c1ccccc1)C(C)(C)C)OC)OC(=O)[C@@](OC)(c1ccccc1)C(F)(F)F. The predicted molar refractivity (Wildman–Crippen MR) is 169 cm³/mol. The van der Waals surface area contributed by atoms with Crippen molar-refractivity contribution in [1.29, 1.82) is 0 Å². The van der Waals surface area contributed by atoms with Crippen molar-refractivity contribution in [3.63, 3.8) is 0 Å². The lowest BCUT2D eigenvalue weighted by molar-refractivity contribution is -0.279. The maximum atomic E-state index is 14.6. The minimum atomic E-state index is -5.09. The van der Waals surface area contributed by atoms with Crippen LogP contribution in [0.3, 0.4) is 0 Å². The summed E-state index contributed by atoms with van der Waals surface area (Å²) in [6.07, 6.45) is -5.10. The Morgan fingerprint density at radius 2 is 1.34 bits per heavy atom. The van der Waals surface area contributed by atoms with Crippen molar-refractivity contribution in [3.05, 3.63) is 109 Å². The van der Waals surface area contributed by atoms with Crippen molar-refractivity contribution in [2.24, 2.45) is 5.92 Å². The van der Waals surface area contributed by atoms with Gasteiger partial charge >= 0.3 is 12.1 Å². The summed E-state index contributed by atoms with van der Waals surface area (Å²) in [6.45, 7) is 12.1. The van der Waals surface area contributed by atoms with Gasteiger partial charge in [0.05, 0.1) is 12.7 Å². The Balaban J connectivity index is 1.96. The van der Waals surface area contributed by atoms with Gasteiger partial charge in [-0.1, -0.05) is 125 Å². The molecule has 0 saturated carbocycles. The molecule has 238 valence electrons. The largest absolute Gasteiger partial charge is 0.459 e. The number of hydrogen-bond donors (Lipinski definition) is 0. The molecule has 0 N–H and O–H groups in total. The quantitative estimate of drug-likeness (QED) is 0.112. The minimum Gasteiger partial charge on any atom is -0.459 e. The number of halogens is 3. The van der Waals surface area contributed by atoms with Crippen molar-refractivity contribution in [3.8, 4) is 0 Å². The summed E-state index contributed by atoms with van der Waals surface area (Å²) in [4.78, 5) is 13.5. The molecule has 3 aromatic rings. The third-order valence-electron chi connectivity index (χ3n) is 8.12. The maximum Gasteiger partial charge on any atom is 0.432 e. The Morgan fingerprint density at radius 3 is 1.73 bits per heavy atom. The summed E-state index contributed by atoms with van der Waals surface area (Å²) >= 11 is 0. The molecule has 5 nitrogen and oxygen atoms in total. The molecule has 0 aliphatic carbocycles. The van der Waals surface area contributed by atoms with Gasteiger partial charge in [0.2, 0.25) is 0 Å². The third kappa shape index (κ3) is 7.17. The van der Waals surface area contributed by atoms with Crippen LogP contribution >= 0.6 is 0 Å². The second-order valence-electron chi connectivity index (χ2n) is 11.9. The average Bonchev–Trinajstić information content (AvgIpc) is 3.00. The summed E-state index contributed by atoms with van der Waals surface area (Å²) in [5.74, 6) is -2.05. The van der Waals surface area contributed by atoms with Crippen molar-refractivity contribution in [2.45, 2.75) is 63.1 Å². The van der Waals surface area contributed by atoms with E-state index in [0.717, 1.165) is 17.5 Å². The highest BCUT2D eigenvalue weighted by Crippen LogP contribution is 2.44. The van der Waals surface area contributed by atoms with Gasteiger partial charge in [-0.15, -0.1) is 6.58 Å². The maximum absolute atomic E-state index is 14.6. The zero-order valence-corrected chi connectivity index (χ0v) is 27.3. The average molecular weight is 629 g/mol. The van der Waals surface area contributed by atoms with Gasteiger partial charge < -0.3 is 18.6 Å². The topological polar surface area (TPSA) is 54.0 Å². The summed E-state index contributed by atoms with van der Waals surface area (Å²) in [7, 11) is -0.568. The van der Waals surface area contributed by atoms with E-state index in [1.165, 1.54) is 37.5 Å². The molecule has 9 heteroatoms. The molecule has 0 radical (unpaired) electrons. The molecule has 3 rings (SSSR count). The molecule has 0 aliphatic heterocycles. The van der Waals surface area contributed by atoms with Gasteiger partial charge in [-0.25, -0.2) is 4.79 Å². The van der Waals surface area contributed by atoms with Gasteiger partial charge in [-0.3, -0.25) is 0 Å². The van der Waals surface area contributed by atoms with Crippen LogP contribution in [0.15, 0.2) is 104 Å². The Kier molecular flexibility index (Phi) is 11.8. The molecule has 3 aromatic carbocycles. The molecule has 0 spiro atoms. The van der Waals surface area contributed by atoms with Gasteiger partial charge in [0, 0.05) is 32.1 Å². The van der Waals surface area contributed by atoms with E-state index in [0.29, 0.717) is 0 Å². The van der Waals surface area contributed by atoms with E-state index >= 15 is 0 Å². The fourth-order valence-electron chi connectivity index (χ4n) is 5.60. The van der Waals surface area contributed by atoms with Gasteiger partial charge in [-0.2, -0.15) is 13.2 Å². The van der Waals surface area contributed by atoms with Gasteiger partial charge in [-0.05, 0) is 15.4 Å². The molecular weight excluding hydrogens is 585 g/mol. The lowest BCUT2D eigenvalue weighted by Gasteiger charge is -2.43. The highest BCUT2D eigenvalue weighted by atomic mass is 28.4. The minimum absolute atomic E-state index is 0.0695. The Morgan fingerprint density at radius 1 is 0.864 bits per heavy atom. The number of alkyl halides is 3. The van der Waals surface area contributed by atoms with E-state index in [1.807, 2.05) is 36.4 Å². The second-order valence-corrected chi connectivity index (χ2v) is 16.2. The molecule has 0 fully saturated rings. The molecule has 44 heavy (non-hydrogen) atoms. The smallest absolute Gasteiger partial charge is 0.432 e. The van der Waals surface area contributed by atoms with E-state index in [2.05, 4.69) is 51.6 Å². The highest BCUT2D eigenvalue weighted by Gasteiger charge is 2.64. The van der Waals surface area contributed by atoms with E-state index in [-0.39, 0.29) is 23.6 Å². The van der Waals surface area contributed by atoms with Crippen LogP contribution in [0.2, 0.25) is 5.04 Å². The van der Waals surface area contributed by atoms with Crippen molar-refractivity contribution < 1.29 is 36.6 Å². The summed E-state index contributed by atoms with van der Waals surface area (Å²) in [5.41, 5.74) is -3.68. The number of hydrogen-bond acceptors (Lipinski definition) is 5. The van der Waals surface area contributed by atoms with Crippen LogP contribution in [0, 0.1) is 5.92 Å². The van der Waals surface area contributed by atoms with E-state index in [4.69, 9.17) is 18.6 Å². The van der Waals surface area contributed by atoms with E-state index in [9.17, 15) is 18.0 Å². The first-order valence-electron chi connectivity index (χ1n) is 14.6. The van der Waals surface area contributed by atoms with Gasteiger partial charge in [0.15, 0.2) is 0 Å². The van der Waals surface area contributed by atoms with Crippen LogP contribution < -0.4 is 10.4 Å². The summed E-state index contributed by atoms with van der Waals surface area (Å²) in [5, 5.41) is 1.86. The monoisotopic (exact) mass is 628 g/mol. The first kappa shape index (κ1) is 35.2. The number of esters is 1. The highest BCUT2D eigenvalue weighted by molar-refractivity contribution is 6.99. The Bertz CT molecular complexity index is 1290. The standard InChI is InChI=1S/C35H43F3O5Si/c1-8-26(2)31(43-32(39)34(41-7,35(36,37)38)27-18-12-9-13-19-27)24-28(40-6)25-42-44(33(3,4)5,29-20-14-10-15-21-29)30-22-16-11-17-23-30/h8-23,26,28,31H,1,24-25H2,2-7H3/t26-,28-,31+,34-/m0/s1. The zero-order chi connectivity index (χ0) is 32.6. The van der Waals surface area contributed by atoms with Crippen LogP contribution in [-0.4, -0.2) is 53.5 Å². The molecular formula is C35H43F3O5Si. The predicted octanol–water partition coefficient (Wildman–Crippen LogP) is 6.81. The van der Waals surface area contributed by atoms with Crippen molar-refractivity contribution >= 4 is 24.7 Å². The molecule has 0 aliphatic rings. The van der Waals surface area contributed by atoms with E-state index < -0.39 is 44.2 Å². The molecule has 0 unspecified atom stereocenters. The van der Waals surface area contributed by atoms with Crippen molar-refractivity contribution in [1.82, 2.24) is 0 Å².